The molecule has 5 rings (SSSR count). The summed E-state index contributed by atoms with van der Waals surface area (Å²) in [4.78, 5) is 19.3. The number of aryl methyl sites for hydroxylation is 1. The molecule has 0 saturated carbocycles. The Morgan fingerprint density at radius 2 is 1.81 bits per heavy atom. The summed E-state index contributed by atoms with van der Waals surface area (Å²) in [7, 11) is 0. The number of nitrogens with one attached hydrogen (secondary N) is 1. The van der Waals surface area contributed by atoms with Crippen molar-refractivity contribution in [1.29, 1.82) is 0 Å². The Morgan fingerprint density at radius 1 is 1.06 bits per heavy atom. The van der Waals surface area contributed by atoms with Crippen molar-refractivity contribution in [2.75, 3.05) is 11.5 Å². The molecule has 8 heteroatoms. The Morgan fingerprint density at radius 3 is 2.50 bits per heavy atom. The second-order valence-corrected chi connectivity index (χ2v) is 8.44. The van der Waals surface area contributed by atoms with Crippen LogP contribution in [0.1, 0.15) is 36.9 Å². The molecule has 1 aliphatic rings. The van der Waals surface area contributed by atoms with Crippen molar-refractivity contribution in [3.8, 4) is 17.1 Å². The van der Waals surface area contributed by atoms with E-state index in [4.69, 9.17) is 9.26 Å². The molecule has 0 radical (unpaired) electrons. The summed E-state index contributed by atoms with van der Waals surface area (Å²) >= 11 is 0. The fraction of sp³-hybridized carbons (Fsp3) is 0.179. The number of urea groups is 1. The predicted molar refractivity (Wildman–Crippen MR) is 135 cm³/mol. The minimum Gasteiger partial charge on any atom is -0.494 e. The number of halogens is 1. The van der Waals surface area contributed by atoms with E-state index in [2.05, 4.69) is 15.5 Å². The van der Waals surface area contributed by atoms with Gasteiger partial charge in [0.15, 0.2) is 0 Å². The van der Waals surface area contributed by atoms with Gasteiger partial charge < -0.3 is 14.6 Å². The third kappa shape index (κ3) is 4.33. The number of allylic oxidation sites excluding steroid dienone is 1. The molecular formula is C28H25FN4O3. The number of carbonyl (C=O) groups is 1. The van der Waals surface area contributed by atoms with Gasteiger partial charge in [-0.25, -0.2) is 9.18 Å². The van der Waals surface area contributed by atoms with Crippen LogP contribution in [0.4, 0.5) is 14.9 Å². The van der Waals surface area contributed by atoms with Gasteiger partial charge in [-0.1, -0.05) is 41.6 Å². The average Bonchev–Trinajstić information content (AvgIpc) is 3.37. The fourth-order valence-electron chi connectivity index (χ4n) is 4.26. The summed E-state index contributed by atoms with van der Waals surface area (Å²) in [6, 6.07) is 20.8. The lowest BCUT2D eigenvalue weighted by Gasteiger charge is -2.35. The summed E-state index contributed by atoms with van der Waals surface area (Å²) in [6.45, 7) is 5.97. The minimum absolute atomic E-state index is 0.267. The highest BCUT2D eigenvalue weighted by molar-refractivity contribution is 6.01. The molecule has 0 bridgehead atoms. The van der Waals surface area contributed by atoms with Gasteiger partial charge in [0, 0.05) is 11.3 Å². The quantitative estimate of drug-likeness (QED) is 0.348. The fourth-order valence-corrected chi connectivity index (χ4v) is 4.26. The van der Waals surface area contributed by atoms with Gasteiger partial charge in [0.25, 0.3) is 5.89 Å². The highest BCUT2D eigenvalue weighted by Crippen LogP contribution is 2.39. The first-order valence-corrected chi connectivity index (χ1v) is 11.7. The number of ether oxygens (including phenoxy) is 1. The van der Waals surface area contributed by atoms with E-state index < -0.39 is 11.9 Å². The molecule has 0 fully saturated rings. The van der Waals surface area contributed by atoms with Gasteiger partial charge >= 0.3 is 6.03 Å². The van der Waals surface area contributed by atoms with Crippen LogP contribution in [0.2, 0.25) is 0 Å². The number of hydrogen-bond acceptors (Lipinski definition) is 5. The molecule has 182 valence electrons. The van der Waals surface area contributed by atoms with Crippen LogP contribution < -0.4 is 15.0 Å². The highest BCUT2D eigenvalue weighted by atomic mass is 19.1. The zero-order chi connectivity index (χ0) is 25.2. The molecule has 36 heavy (non-hydrogen) atoms. The van der Waals surface area contributed by atoms with Gasteiger partial charge in [0.1, 0.15) is 11.6 Å². The summed E-state index contributed by atoms with van der Waals surface area (Å²) in [6.07, 6.45) is 0. The number of aromatic nitrogens is 2. The van der Waals surface area contributed by atoms with Crippen molar-refractivity contribution in [2.45, 2.75) is 26.8 Å². The number of hydrogen-bond donors (Lipinski definition) is 1. The number of amides is 2. The zero-order valence-electron chi connectivity index (χ0n) is 20.2. The van der Waals surface area contributed by atoms with Gasteiger partial charge in [-0.3, -0.25) is 4.90 Å². The molecule has 2 heterocycles. The van der Waals surface area contributed by atoms with Crippen LogP contribution in [0.25, 0.3) is 17.0 Å². The molecule has 1 aromatic heterocycles. The molecule has 3 aromatic carbocycles. The second kappa shape index (κ2) is 9.65. The van der Waals surface area contributed by atoms with Gasteiger partial charge in [0.2, 0.25) is 5.82 Å². The average molecular weight is 485 g/mol. The van der Waals surface area contributed by atoms with Crippen molar-refractivity contribution in [2.24, 2.45) is 0 Å². The number of anilines is 1. The first kappa shape index (κ1) is 23.3. The topological polar surface area (TPSA) is 80.5 Å². The molecule has 4 aromatic rings. The van der Waals surface area contributed by atoms with E-state index in [1.54, 1.807) is 26.0 Å². The van der Waals surface area contributed by atoms with E-state index >= 15 is 0 Å². The summed E-state index contributed by atoms with van der Waals surface area (Å²) in [5.74, 6) is 1.03. The van der Waals surface area contributed by atoms with Crippen molar-refractivity contribution in [1.82, 2.24) is 15.5 Å². The molecule has 1 N–H and O–H groups in total. The summed E-state index contributed by atoms with van der Waals surface area (Å²) in [5, 5.41) is 7.22. The van der Waals surface area contributed by atoms with Crippen molar-refractivity contribution in [3.63, 3.8) is 0 Å². The summed E-state index contributed by atoms with van der Waals surface area (Å²) < 4.78 is 25.6. The van der Waals surface area contributed by atoms with Crippen LogP contribution >= 0.6 is 0 Å². The third-order valence-electron chi connectivity index (χ3n) is 6.11. The Balaban J connectivity index is 1.61. The second-order valence-electron chi connectivity index (χ2n) is 8.44. The van der Waals surface area contributed by atoms with E-state index in [-0.39, 0.29) is 11.9 Å². The Kier molecular flexibility index (Phi) is 6.25. The Bertz CT molecular complexity index is 1430. The molecule has 7 nitrogen and oxygen atoms in total. The molecule has 1 unspecified atom stereocenters. The lowest BCUT2D eigenvalue weighted by atomic mass is 9.94. The number of carbonyl (C=O) groups excluding carboxylic acids is 1. The Hall–Kier alpha value is -4.46. The molecular weight excluding hydrogens is 459 g/mol. The standard InChI is InChI=1S/C28H25FN4O3/c1-4-35-22-14-11-20(12-15-22)26-31-27(36-32-26)24-18(3)33(21-13-10-17(2)23(29)16-21)28(34)30-25(24)19-8-6-5-7-9-19/h5-16,25H,4H2,1-3H3,(H,30,34). The monoisotopic (exact) mass is 484 g/mol. The highest BCUT2D eigenvalue weighted by Gasteiger charge is 2.36. The SMILES string of the molecule is CCOc1ccc(-c2noc(C3=C(C)N(c4ccc(C)c(F)c4)C(=O)NC3c3ccccc3)n2)cc1. The number of benzene rings is 3. The van der Waals surface area contributed by atoms with Crippen molar-refractivity contribution < 1.29 is 18.4 Å². The lowest BCUT2D eigenvalue weighted by Crippen LogP contribution is -2.46. The van der Waals surface area contributed by atoms with Crippen LogP contribution in [0, 0.1) is 12.7 Å². The van der Waals surface area contributed by atoms with Crippen LogP contribution in [0.5, 0.6) is 5.75 Å². The zero-order valence-corrected chi connectivity index (χ0v) is 20.2. The van der Waals surface area contributed by atoms with Crippen molar-refractivity contribution in [3.05, 3.63) is 101 Å². The van der Waals surface area contributed by atoms with E-state index in [0.717, 1.165) is 16.9 Å². The smallest absolute Gasteiger partial charge is 0.327 e. The van der Waals surface area contributed by atoms with Crippen LogP contribution in [-0.4, -0.2) is 22.8 Å². The third-order valence-corrected chi connectivity index (χ3v) is 6.11. The molecule has 1 atom stereocenters. The summed E-state index contributed by atoms with van der Waals surface area (Å²) in [5.41, 5.74) is 3.72. The maximum Gasteiger partial charge on any atom is 0.327 e. The lowest BCUT2D eigenvalue weighted by molar-refractivity contribution is 0.244. The Labute approximate surface area is 208 Å². The first-order valence-electron chi connectivity index (χ1n) is 11.7. The van der Waals surface area contributed by atoms with Gasteiger partial charge in [-0.15, -0.1) is 0 Å². The van der Waals surface area contributed by atoms with Crippen LogP contribution in [-0.2, 0) is 0 Å². The normalized spacial score (nSPS) is 15.7. The largest absolute Gasteiger partial charge is 0.494 e. The van der Waals surface area contributed by atoms with Crippen LogP contribution in [0.3, 0.4) is 0 Å². The molecule has 0 saturated heterocycles. The number of rotatable bonds is 6. The maximum atomic E-state index is 14.4. The molecule has 0 spiro atoms. The van der Waals surface area contributed by atoms with Gasteiger partial charge in [0.05, 0.1) is 23.9 Å². The van der Waals surface area contributed by atoms with E-state index in [0.29, 0.717) is 35.0 Å². The van der Waals surface area contributed by atoms with Gasteiger partial charge in [-0.05, 0) is 68.3 Å². The molecule has 2 amide bonds. The van der Waals surface area contributed by atoms with Crippen molar-refractivity contribution >= 4 is 17.3 Å². The van der Waals surface area contributed by atoms with Crippen LogP contribution in [0.15, 0.2) is 83.0 Å². The first-order chi connectivity index (χ1) is 17.5. The molecule has 1 aliphatic heterocycles. The van der Waals surface area contributed by atoms with Gasteiger partial charge in [-0.2, -0.15) is 4.98 Å². The van der Waals surface area contributed by atoms with E-state index in [1.165, 1.54) is 11.0 Å². The predicted octanol–water partition coefficient (Wildman–Crippen LogP) is 6.28. The minimum atomic E-state index is -0.529. The maximum absolute atomic E-state index is 14.4. The van der Waals surface area contributed by atoms with E-state index in [9.17, 15) is 9.18 Å². The molecule has 0 aliphatic carbocycles. The number of nitrogens with zero attached hydrogens (tertiary/aromatic N) is 3. The van der Waals surface area contributed by atoms with E-state index in [1.807, 2.05) is 61.5 Å².